The molecular formula is C16H15N5. The van der Waals surface area contributed by atoms with Crippen LogP contribution in [0.5, 0.6) is 0 Å². The SMILES string of the molecule is CN(c1ccccc1)c1nncc(Nc2ccccc2)n1. The average Bonchev–Trinajstić information content (AvgIpc) is 2.56. The molecule has 0 amide bonds. The molecule has 0 saturated carbocycles. The van der Waals surface area contributed by atoms with Crippen molar-refractivity contribution in [2.45, 2.75) is 0 Å². The molecule has 5 heteroatoms. The van der Waals surface area contributed by atoms with E-state index in [2.05, 4.69) is 20.5 Å². The van der Waals surface area contributed by atoms with Gasteiger partial charge in [-0.3, -0.25) is 0 Å². The molecule has 5 nitrogen and oxygen atoms in total. The smallest absolute Gasteiger partial charge is 0.251 e. The standard InChI is InChI=1S/C16H15N5/c1-21(14-10-6-3-7-11-14)16-19-15(12-17-20-16)18-13-8-4-2-5-9-13/h2-12H,1H3,(H,18,19,20). The minimum absolute atomic E-state index is 0.544. The van der Waals surface area contributed by atoms with Crippen LogP contribution in [0.3, 0.4) is 0 Å². The van der Waals surface area contributed by atoms with E-state index in [9.17, 15) is 0 Å². The van der Waals surface area contributed by atoms with Crippen LogP contribution < -0.4 is 10.2 Å². The Morgan fingerprint density at radius 2 is 1.57 bits per heavy atom. The lowest BCUT2D eigenvalue weighted by Gasteiger charge is -2.16. The van der Waals surface area contributed by atoms with Crippen molar-refractivity contribution in [1.29, 1.82) is 0 Å². The van der Waals surface area contributed by atoms with Crippen molar-refractivity contribution < 1.29 is 0 Å². The molecule has 3 rings (SSSR count). The number of para-hydroxylation sites is 2. The van der Waals surface area contributed by atoms with E-state index in [1.165, 1.54) is 0 Å². The lowest BCUT2D eigenvalue weighted by atomic mass is 10.3. The second-order valence-corrected chi connectivity index (χ2v) is 4.53. The summed E-state index contributed by atoms with van der Waals surface area (Å²) in [4.78, 5) is 6.38. The van der Waals surface area contributed by atoms with E-state index in [1.54, 1.807) is 6.20 Å². The Morgan fingerprint density at radius 1 is 0.905 bits per heavy atom. The van der Waals surface area contributed by atoms with E-state index in [1.807, 2.05) is 72.6 Å². The first-order chi connectivity index (χ1) is 10.3. The quantitative estimate of drug-likeness (QED) is 0.792. The summed E-state index contributed by atoms with van der Waals surface area (Å²) in [5, 5.41) is 11.3. The van der Waals surface area contributed by atoms with Crippen LogP contribution in [0, 0.1) is 0 Å². The molecule has 0 spiro atoms. The van der Waals surface area contributed by atoms with Gasteiger partial charge in [-0.1, -0.05) is 36.4 Å². The van der Waals surface area contributed by atoms with Crippen LogP contribution in [0.2, 0.25) is 0 Å². The number of nitrogens with zero attached hydrogens (tertiary/aromatic N) is 4. The van der Waals surface area contributed by atoms with Gasteiger partial charge in [-0.2, -0.15) is 10.1 Å². The molecule has 1 heterocycles. The fraction of sp³-hybridized carbons (Fsp3) is 0.0625. The van der Waals surface area contributed by atoms with E-state index in [4.69, 9.17) is 0 Å². The molecule has 104 valence electrons. The highest BCUT2D eigenvalue weighted by Crippen LogP contribution is 2.20. The Kier molecular flexibility index (Phi) is 3.73. The summed E-state index contributed by atoms with van der Waals surface area (Å²) in [7, 11) is 1.92. The number of aromatic nitrogens is 3. The Bertz CT molecular complexity index is 700. The molecule has 0 aliphatic carbocycles. The fourth-order valence-corrected chi connectivity index (χ4v) is 1.93. The van der Waals surface area contributed by atoms with Crippen molar-refractivity contribution in [2.75, 3.05) is 17.3 Å². The molecule has 0 unspecified atom stereocenters. The molecular weight excluding hydrogens is 262 g/mol. The Balaban J connectivity index is 1.83. The zero-order valence-electron chi connectivity index (χ0n) is 11.6. The summed E-state index contributed by atoms with van der Waals surface area (Å²) in [6.45, 7) is 0. The van der Waals surface area contributed by atoms with Crippen LogP contribution in [0.25, 0.3) is 0 Å². The Hall–Kier alpha value is -2.95. The van der Waals surface area contributed by atoms with Gasteiger partial charge in [0.15, 0.2) is 5.82 Å². The first-order valence-electron chi connectivity index (χ1n) is 6.63. The van der Waals surface area contributed by atoms with Crippen LogP contribution in [0.4, 0.5) is 23.1 Å². The van der Waals surface area contributed by atoms with Gasteiger partial charge in [-0.15, -0.1) is 5.10 Å². The van der Waals surface area contributed by atoms with E-state index in [0.717, 1.165) is 11.4 Å². The monoisotopic (exact) mass is 277 g/mol. The molecule has 21 heavy (non-hydrogen) atoms. The number of rotatable bonds is 4. The maximum absolute atomic E-state index is 4.49. The molecule has 2 aromatic carbocycles. The van der Waals surface area contributed by atoms with Crippen LogP contribution >= 0.6 is 0 Å². The molecule has 1 aromatic heterocycles. The third-order valence-corrected chi connectivity index (χ3v) is 3.04. The van der Waals surface area contributed by atoms with E-state index in [-0.39, 0.29) is 0 Å². The van der Waals surface area contributed by atoms with Crippen molar-refractivity contribution in [3.05, 3.63) is 66.9 Å². The van der Waals surface area contributed by atoms with Crippen LogP contribution in [0.1, 0.15) is 0 Å². The molecule has 0 radical (unpaired) electrons. The second-order valence-electron chi connectivity index (χ2n) is 4.53. The lowest BCUT2D eigenvalue weighted by molar-refractivity contribution is 0.932. The summed E-state index contributed by atoms with van der Waals surface area (Å²) >= 11 is 0. The maximum Gasteiger partial charge on any atom is 0.251 e. The summed E-state index contributed by atoms with van der Waals surface area (Å²) in [6, 6.07) is 19.8. The molecule has 0 saturated heterocycles. The van der Waals surface area contributed by atoms with E-state index < -0.39 is 0 Å². The maximum atomic E-state index is 4.49. The van der Waals surface area contributed by atoms with Gasteiger partial charge in [0.1, 0.15) is 0 Å². The number of anilines is 4. The van der Waals surface area contributed by atoms with Crippen LogP contribution in [0.15, 0.2) is 66.9 Å². The minimum Gasteiger partial charge on any atom is -0.339 e. The Labute approximate surface area is 123 Å². The molecule has 0 atom stereocenters. The van der Waals surface area contributed by atoms with Gasteiger partial charge in [0.2, 0.25) is 0 Å². The molecule has 1 N–H and O–H groups in total. The molecule has 0 bridgehead atoms. The zero-order valence-corrected chi connectivity index (χ0v) is 11.6. The molecule has 0 aliphatic rings. The van der Waals surface area contributed by atoms with Crippen molar-refractivity contribution in [1.82, 2.24) is 15.2 Å². The summed E-state index contributed by atoms with van der Waals surface area (Å²) < 4.78 is 0. The third kappa shape index (κ3) is 3.14. The lowest BCUT2D eigenvalue weighted by Crippen LogP contribution is -2.14. The zero-order chi connectivity index (χ0) is 14.5. The normalized spacial score (nSPS) is 10.1. The van der Waals surface area contributed by atoms with Crippen molar-refractivity contribution in [3.8, 4) is 0 Å². The molecule has 0 fully saturated rings. The number of nitrogens with one attached hydrogen (secondary N) is 1. The average molecular weight is 277 g/mol. The number of hydrogen-bond donors (Lipinski definition) is 1. The van der Waals surface area contributed by atoms with Crippen LogP contribution in [-0.4, -0.2) is 22.2 Å². The summed E-state index contributed by atoms with van der Waals surface area (Å²) in [6.07, 6.45) is 1.61. The highest BCUT2D eigenvalue weighted by Gasteiger charge is 2.08. The van der Waals surface area contributed by atoms with Gasteiger partial charge in [-0.05, 0) is 24.3 Å². The first kappa shape index (κ1) is 13.1. The second kappa shape index (κ2) is 6.00. The van der Waals surface area contributed by atoms with Crippen LogP contribution in [-0.2, 0) is 0 Å². The van der Waals surface area contributed by atoms with E-state index in [0.29, 0.717) is 11.8 Å². The predicted octanol–water partition coefficient (Wildman–Crippen LogP) is 3.38. The largest absolute Gasteiger partial charge is 0.339 e. The summed E-state index contributed by atoms with van der Waals surface area (Å²) in [5.41, 5.74) is 1.97. The van der Waals surface area contributed by atoms with Crippen molar-refractivity contribution >= 4 is 23.1 Å². The summed E-state index contributed by atoms with van der Waals surface area (Å²) in [5.74, 6) is 1.20. The van der Waals surface area contributed by atoms with Gasteiger partial charge in [-0.25, -0.2) is 0 Å². The number of hydrogen-bond acceptors (Lipinski definition) is 5. The highest BCUT2D eigenvalue weighted by molar-refractivity contribution is 5.59. The predicted molar refractivity (Wildman–Crippen MR) is 84.1 cm³/mol. The highest BCUT2D eigenvalue weighted by atomic mass is 15.3. The molecule has 0 aliphatic heterocycles. The fourth-order valence-electron chi connectivity index (χ4n) is 1.93. The Morgan fingerprint density at radius 3 is 2.29 bits per heavy atom. The topological polar surface area (TPSA) is 53.9 Å². The van der Waals surface area contributed by atoms with Crippen molar-refractivity contribution in [2.24, 2.45) is 0 Å². The van der Waals surface area contributed by atoms with Gasteiger partial charge < -0.3 is 10.2 Å². The first-order valence-corrected chi connectivity index (χ1v) is 6.63. The van der Waals surface area contributed by atoms with Gasteiger partial charge in [0, 0.05) is 18.4 Å². The van der Waals surface area contributed by atoms with Gasteiger partial charge in [0.05, 0.1) is 6.20 Å². The molecule has 3 aromatic rings. The minimum atomic E-state index is 0.544. The van der Waals surface area contributed by atoms with Gasteiger partial charge >= 0.3 is 0 Å². The van der Waals surface area contributed by atoms with Gasteiger partial charge in [0.25, 0.3) is 5.95 Å². The third-order valence-electron chi connectivity index (χ3n) is 3.04. The van der Waals surface area contributed by atoms with E-state index >= 15 is 0 Å². The van der Waals surface area contributed by atoms with Crippen molar-refractivity contribution in [3.63, 3.8) is 0 Å². The number of benzene rings is 2.